The molecule has 1 aliphatic heterocycles. The molecule has 0 N–H and O–H groups in total. The predicted molar refractivity (Wildman–Crippen MR) is 87.7 cm³/mol. The van der Waals surface area contributed by atoms with Gasteiger partial charge in [-0.3, -0.25) is 0 Å². The summed E-state index contributed by atoms with van der Waals surface area (Å²) < 4.78 is 0. The van der Waals surface area contributed by atoms with E-state index >= 15 is 0 Å². The van der Waals surface area contributed by atoms with Gasteiger partial charge >= 0.3 is 0 Å². The zero-order valence-corrected chi connectivity index (χ0v) is 12.4. The number of hydrogen-bond donors (Lipinski definition) is 0. The molecule has 0 amide bonds. The molecule has 95 valence electrons. The number of hydrogen-bond acceptors (Lipinski definition) is 0. The van der Waals surface area contributed by atoms with Gasteiger partial charge in [-0.05, 0) is 34.0 Å². The van der Waals surface area contributed by atoms with E-state index < -0.39 is 8.80 Å². The van der Waals surface area contributed by atoms with Crippen LogP contribution in [0.5, 0.6) is 0 Å². The van der Waals surface area contributed by atoms with E-state index in [1.54, 1.807) is 5.19 Å². The Hall–Kier alpha value is -2.12. The molecule has 1 radical (unpaired) electrons. The third kappa shape index (κ3) is 1.60. The van der Waals surface area contributed by atoms with Crippen molar-refractivity contribution in [3.8, 4) is 11.1 Å². The Labute approximate surface area is 121 Å². The third-order valence-corrected chi connectivity index (χ3v) is 6.91. The molecule has 0 bridgehead atoms. The summed E-state index contributed by atoms with van der Waals surface area (Å²) in [4.78, 5) is 0. The van der Waals surface area contributed by atoms with Crippen LogP contribution in [-0.4, -0.2) is 8.80 Å². The van der Waals surface area contributed by atoms with Crippen molar-refractivity contribution in [2.24, 2.45) is 0 Å². The van der Waals surface area contributed by atoms with E-state index in [9.17, 15) is 0 Å². The van der Waals surface area contributed by atoms with Crippen LogP contribution >= 0.6 is 0 Å². The van der Waals surface area contributed by atoms with Gasteiger partial charge in [-0.1, -0.05) is 78.0 Å². The maximum atomic E-state index is 2.32. The van der Waals surface area contributed by atoms with Gasteiger partial charge in [0.05, 0.1) is 0 Å². The molecule has 20 heavy (non-hydrogen) atoms. The molecule has 0 atom stereocenters. The van der Waals surface area contributed by atoms with Crippen LogP contribution in [0.3, 0.4) is 0 Å². The molecule has 1 heterocycles. The fraction of sp³-hybridized carbons (Fsp3) is 0.0526. The van der Waals surface area contributed by atoms with Crippen molar-refractivity contribution in [3.63, 3.8) is 0 Å². The van der Waals surface area contributed by atoms with Crippen molar-refractivity contribution < 1.29 is 0 Å². The molecule has 4 rings (SSSR count). The second kappa shape index (κ2) is 4.46. The number of rotatable bonds is 1. The standard InChI is InChI=1S/C19H15Si/c1-14-8-7-13-18-19(14)16-11-5-6-12-17(16)20(18)15-9-3-2-4-10-15/h2-13H,1H3. The monoisotopic (exact) mass is 271 g/mol. The van der Waals surface area contributed by atoms with Gasteiger partial charge in [0.1, 0.15) is 0 Å². The quantitative estimate of drug-likeness (QED) is 0.467. The van der Waals surface area contributed by atoms with E-state index in [4.69, 9.17) is 0 Å². The minimum absolute atomic E-state index is 0.825. The molecule has 3 aromatic carbocycles. The van der Waals surface area contributed by atoms with Gasteiger partial charge < -0.3 is 0 Å². The largest absolute Gasteiger partial charge is 0.156 e. The average Bonchev–Trinajstić information content (AvgIpc) is 2.84. The summed E-state index contributed by atoms with van der Waals surface area (Å²) in [5.74, 6) is 0. The Kier molecular flexibility index (Phi) is 2.61. The van der Waals surface area contributed by atoms with Crippen molar-refractivity contribution in [2.45, 2.75) is 6.92 Å². The summed E-state index contributed by atoms with van der Waals surface area (Å²) in [5, 5.41) is 4.56. The molecule has 0 saturated carbocycles. The first-order chi connectivity index (χ1) is 9.86. The molecule has 1 heteroatoms. The van der Waals surface area contributed by atoms with Gasteiger partial charge in [-0.25, -0.2) is 0 Å². The van der Waals surface area contributed by atoms with Crippen LogP contribution in [0, 0.1) is 6.92 Å². The Balaban J connectivity index is 2.05. The van der Waals surface area contributed by atoms with Crippen molar-refractivity contribution in [1.29, 1.82) is 0 Å². The van der Waals surface area contributed by atoms with E-state index in [2.05, 4.69) is 79.7 Å². The topological polar surface area (TPSA) is 0 Å². The highest BCUT2D eigenvalue weighted by atomic mass is 28.3. The molecule has 3 aromatic rings. The Morgan fingerprint density at radius 3 is 2.20 bits per heavy atom. The van der Waals surface area contributed by atoms with Gasteiger partial charge in [0.2, 0.25) is 0 Å². The number of benzene rings is 3. The van der Waals surface area contributed by atoms with E-state index in [1.165, 1.54) is 27.1 Å². The van der Waals surface area contributed by atoms with E-state index in [-0.39, 0.29) is 0 Å². The summed E-state index contributed by atoms with van der Waals surface area (Å²) in [6.07, 6.45) is 0. The van der Waals surface area contributed by atoms with Crippen LogP contribution in [0.4, 0.5) is 0 Å². The summed E-state index contributed by atoms with van der Waals surface area (Å²) in [5.41, 5.74) is 4.31. The van der Waals surface area contributed by atoms with Crippen LogP contribution in [0.2, 0.25) is 0 Å². The molecular formula is C19H15Si. The van der Waals surface area contributed by atoms with E-state index in [0.717, 1.165) is 0 Å². The normalized spacial score (nSPS) is 13.1. The maximum absolute atomic E-state index is 2.32. The lowest BCUT2D eigenvalue weighted by molar-refractivity contribution is 1.49. The zero-order valence-electron chi connectivity index (χ0n) is 11.4. The smallest absolute Gasteiger partial charge is 0.0624 e. The minimum Gasteiger partial charge on any atom is -0.0624 e. The average molecular weight is 271 g/mol. The molecular weight excluding hydrogens is 256 g/mol. The fourth-order valence-corrected chi connectivity index (χ4v) is 6.24. The van der Waals surface area contributed by atoms with Crippen LogP contribution < -0.4 is 15.6 Å². The van der Waals surface area contributed by atoms with Crippen LogP contribution in [0.15, 0.2) is 72.8 Å². The van der Waals surface area contributed by atoms with Gasteiger partial charge in [0.15, 0.2) is 8.80 Å². The third-order valence-electron chi connectivity index (χ3n) is 4.07. The van der Waals surface area contributed by atoms with Gasteiger partial charge in [0, 0.05) is 0 Å². The predicted octanol–water partition coefficient (Wildman–Crippen LogP) is 2.49. The molecule has 0 aromatic heterocycles. The van der Waals surface area contributed by atoms with E-state index in [0.29, 0.717) is 0 Å². The molecule has 0 saturated heterocycles. The lowest BCUT2D eigenvalue weighted by Crippen LogP contribution is -2.48. The fourth-order valence-electron chi connectivity index (χ4n) is 3.21. The summed E-state index contributed by atoms with van der Waals surface area (Å²) in [6, 6.07) is 26.7. The van der Waals surface area contributed by atoms with Crippen molar-refractivity contribution in [2.75, 3.05) is 0 Å². The highest BCUT2D eigenvalue weighted by Crippen LogP contribution is 2.25. The van der Waals surface area contributed by atoms with Gasteiger partial charge in [-0.2, -0.15) is 0 Å². The second-order valence-corrected chi connectivity index (χ2v) is 7.69. The maximum Gasteiger partial charge on any atom is 0.156 e. The Morgan fingerprint density at radius 1 is 0.650 bits per heavy atom. The highest BCUT2D eigenvalue weighted by molar-refractivity contribution is 6.99. The minimum atomic E-state index is -0.825. The highest BCUT2D eigenvalue weighted by Gasteiger charge is 2.32. The van der Waals surface area contributed by atoms with Crippen molar-refractivity contribution in [1.82, 2.24) is 0 Å². The molecule has 0 aliphatic carbocycles. The van der Waals surface area contributed by atoms with E-state index in [1.807, 2.05) is 0 Å². The first kappa shape index (κ1) is 11.7. The molecule has 0 fully saturated rings. The number of fused-ring (bicyclic) bond motifs is 3. The molecule has 0 spiro atoms. The van der Waals surface area contributed by atoms with Crippen LogP contribution in [0.1, 0.15) is 5.56 Å². The number of aryl methyl sites for hydroxylation is 1. The molecule has 0 nitrogen and oxygen atoms in total. The summed E-state index contributed by atoms with van der Waals surface area (Å²) >= 11 is 0. The van der Waals surface area contributed by atoms with Crippen molar-refractivity contribution in [3.05, 3.63) is 78.4 Å². The summed E-state index contributed by atoms with van der Waals surface area (Å²) in [6.45, 7) is 2.23. The zero-order chi connectivity index (χ0) is 13.5. The summed E-state index contributed by atoms with van der Waals surface area (Å²) in [7, 11) is -0.825. The van der Waals surface area contributed by atoms with Gasteiger partial charge in [0.25, 0.3) is 0 Å². The Bertz CT molecular complexity index is 775. The van der Waals surface area contributed by atoms with Crippen LogP contribution in [-0.2, 0) is 0 Å². The molecule has 0 unspecified atom stereocenters. The van der Waals surface area contributed by atoms with Gasteiger partial charge in [-0.15, -0.1) is 0 Å². The lowest BCUT2D eigenvalue weighted by atomic mass is 10.0. The lowest BCUT2D eigenvalue weighted by Gasteiger charge is -2.11. The van der Waals surface area contributed by atoms with Crippen LogP contribution in [0.25, 0.3) is 11.1 Å². The Morgan fingerprint density at radius 2 is 1.35 bits per heavy atom. The SMILES string of the molecule is Cc1cccc2c1-c1ccccc1[Si]2c1ccccc1. The first-order valence-corrected chi connectivity index (χ1v) is 8.48. The molecule has 1 aliphatic rings. The second-order valence-electron chi connectivity index (χ2n) is 5.28. The first-order valence-electron chi connectivity index (χ1n) is 6.98. The van der Waals surface area contributed by atoms with Crippen molar-refractivity contribution >= 4 is 24.4 Å².